The molecule has 0 aliphatic carbocycles. The summed E-state index contributed by atoms with van der Waals surface area (Å²) in [6.07, 6.45) is 3.89. The van der Waals surface area contributed by atoms with E-state index < -0.39 is 0 Å². The van der Waals surface area contributed by atoms with Crippen LogP contribution in [0.3, 0.4) is 0 Å². The molecule has 0 aliphatic heterocycles. The second kappa shape index (κ2) is 9.38. The van der Waals surface area contributed by atoms with Gasteiger partial charge in [-0.2, -0.15) is 0 Å². The first-order chi connectivity index (χ1) is 13.6. The molecule has 3 aromatic carbocycles. The Morgan fingerprint density at radius 3 is 2.43 bits per heavy atom. The Labute approximate surface area is 171 Å². The van der Waals surface area contributed by atoms with Crippen LogP contribution in [0.2, 0.25) is 0 Å². The van der Waals surface area contributed by atoms with Gasteiger partial charge in [-0.1, -0.05) is 55.9 Å². The van der Waals surface area contributed by atoms with E-state index in [2.05, 4.69) is 49.5 Å². The first-order valence-corrected chi connectivity index (χ1v) is 10.4. The number of hydrogen-bond acceptors (Lipinski definition) is 4. The van der Waals surface area contributed by atoms with Gasteiger partial charge in [0.25, 0.3) is 0 Å². The van der Waals surface area contributed by atoms with E-state index >= 15 is 0 Å². The van der Waals surface area contributed by atoms with Gasteiger partial charge in [0.2, 0.25) is 0 Å². The molecule has 3 nitrogen and oxygen atoms in total. The number of nitrogens with two attached hydrogens (primary N) is 2. The lowest BCUT2D eigenvalue weighted by Gasteiger charge is -2.13. The maximum absolute atomic E-state index is 6.45. The molecule has 0 spiro atoms. The minimum atomic E-state index is 0.711. The van der Waals surface area contributed by atoms with E-state index in [1.165, 1.54) is 11.1 Å². The van der Waals surface area contributed by atoms with Crippen molar-refractivity contribution in [2.24, 2.45) is 5.73 Å². The van der Waals surface area contributed by atoms with Crippen molar-refractivity contribution < 1.29 is 0 Å². The van der Waals surface area contributed by atoms with Crippen LogP contribution in [-0.2, 0) is 12.8 Å². The van der Waals surface area contributed by atoms with Gasteiger partial charge in [-0.25, -0.2) is 0 Å². The van der Waals surface area contributed by atoms with E-state index in [1.54, 1.807) is 11.8 Å². The Morgan fingerprint density at radius 2 is 1.71 bits per heavy atom. The van der Waals surface area contributed by atoms with E-state index in [-0.39, 0.29) is 0 Å². The molecule has 0 heterocycles. The molecule has 28 heavy (non-hydrogen) atoms. The smallest absolute Gasteiger partial charge is 0.0562 e. The average molecular weight is 390 g/mol. The highest BCUT2D eigenvalue weighted by atomic mass is 32.2. The minimum absolute atomic E-state index is 0.711. The third-order valence-electron chi connectivity index (χ3n) is 4.65. The zero-order chi connectivity index (χ0) is 19.9. The summed E-state index contributed by atoms with van der Waals surface area (Å²) in [5, 5.41) is 3.42. The highest BCUT2D eigenvalue weighted by Gasteiger charge is 2.07. The Bertz CT molecular complexity index is 962. The Morgan fingerprint density at radius 1 is 0.964 bits per heavy atom. The number of nitrogen functional groups attached to an aromatic ring is 1. The predicted octanol–water partition coefficient (Wildman–Crippen LogP) is 5.91. The van der Waals surface area contributed by atoms with Gasteiger partial charge in [0.1, 0.15) is 0 Å². The normalized spacial score (nSPS) is 11.4. The molecular weight excluding hydrogens is 362 g/mol. The van der Waals surface area contributed by atoms with E-state index in [9.17, 15) is 0 Å². The van der Waals surface area contributed by atoms with Gasteiger partial charge < -0.3 is 16.8 Å². The SMILES string of the molecule is CCc1ccc(CC)c(N/C=C(\N)c2ccccc2Sc2ccc(N)cc2)c1. The molecule has 0 radical (unpaired) electrons. The first kappa shape index (κ1) is 19.9. The van der Waals surface area contributed by atoms with Crippen LogP contribution in [-0.4, -0.2) is 0 Å². The summed E-state index contributed by atoms with van der Waals surface area (Å²) in [7, 11) is 0. The maximum Gasteiger partial charge on any atom is 0.0562 e. The van der Waals surface area contributed by atoms with Crippen molar-refractivity contribution in [2.75, 3.05) is 11.1 Å². The molecule has 0 unspecified atom stereocenters. The minimum Gasteiger partial charge on any atom is -0.399 e. The fourth-order valence-corrected chi connectivity index (χ4v) is 3.94. The third-order valence-corrected chi connectivity index (χ3v) is 5.74. The van der Waals surface area contributed by atoms with Gasteiger partial charge in [-0.3, -0.25) is 0 Å². The van der Waals surface area contributed by atoms with Crippen LogP contribution < -0.4 is 16.8 Å². The molecule has 3 aromatic rings. The van der Waals surface area contributed by atoms with Crippen molar-refractivity contribution in [1.82, 2.24) is 0 Å². The van der Waals surface area contributed by atoms with Crippen LogP contribution in [0.4, 0.5) is 11.4 Å². The lowest BCUT2D eigenvalue weighted by molar-refractivity contribution is 1.10. The third kappa shape index (κ3) is 4.90. The van der Waals surface area contributed by atoms with E-state index in [0.717, 1.165) is 39.6 Å². The molecule has 144 valence electrons. The average Bonchev–Trinajstić information content (AvgIpc) is 2.73. The molecule has 4 heteroatoms. The van der Waals surface area contributed by atoms with E-state index in [0.29, 0.717) is 5.70 Å². The van der Waals surface area contributed by atoms with Crippen molar-refractivity contribution in [2.45, 2.75) is 36.5 Å². The largest absolute Gasteiger partial charge is 0.399 e. The molecule has 0 aliphatic rings. The highest BCUT2D eigenvalue weighted by Crippen LogP contribution is 2.33. The van der Waals surface area contributed by atoms with Crippen molar-refractivity contribution in [1.29, 1.82) is 0 Å². The van der Waals surface area contributed by atoms with Crippen molar-refractivity contribution in [3.05, 3.63) is 89.6 Å². The van der Waals surface area contributed by atoms with Crippen molar-refractivity contribution in [3.8, 4) is 0 Å². The molecule has 0 saturated carbocycles. The number of nitrogens with one attached hydrogen (secondary N) is 1. The predicted molar refractivity (Wildman–Crippen MR) is 122 cm³/mol. The summed E-state index contributed by atoms with van der Waals surface area (Å²) in [6.45, 7) is 4.33. The molecule has 0 fully saturated rings. The second-order valence-corrected chi connectivity index (χ2v) is 7.73. The Hall–Kier alpha value is -2.85. The molecule has 0 saturated heterocycles. The summed E-state index contributed by atoms with van der Waals surface area (Å²) < 4.78 is 0. The molecule has 3 rings (SSSR count). The van der Waals surface area contributed by atoms with Gasteiger partial charge >= 0.3 is 0 Å². The Balaban J connectivity index is 1.84. The molecule has 0 amide bonds. The first-order valence-electron chi connectivity index (χ1n) is 9.57. The van der Waals surface area contributed by atoms with Gasteiger partial charge in [-0.05, 0) is 60.4 Å². The second-order valence-electron chi connectivity index (χ2n) is 6.61. The molecular formula is C24H27N3S. The number of hydrogen-bond donors (Lipinski definition) is 3. The standard InChI is InChI=1S/C24H27N3S/c1-3-17-9-10-18(4-2)23(15-17)27-16-22(26)21-7-5-6-8-24(21)28-20-13-11-19(25)12-14-20/h5-16,27H,3-4,25-26H2,1-2H3/b22-16-. The molecule has 0 atom stereocenters. The van der Waals surface area contributed by atoms with Gasteiger partial charge in [-0.15, -0.1) is 0 Å². The van der Waals surface area contributed by atoms with Gasteiger partial charge in [0, 0.05) is 32.9 Å². The lowest BCUT2D eigenvalue weighted by atomic mass is 10.1. The van der Waals surface area contributed by atoms with E-state index in [1.807, 2.05) is 42.6 Å². The van der Waals surface area contributed by atoms with Gasteiger partial charge in [0.15, 0.2) is 0 Å². The number of rotatable bonds is 7. The Kier molecular flexibility index (Phi) is 6.66. The van der Waals surface area contributed by atoms with Crippen molar-refractivity contribution >= 4 is 28.8 Å². The van der Waals surface area contributed by atoms with Crippen LogP contribution >= 0.6 is 11.8 Å². The number of anilines is 2. The fraction of sp³-hybridized carbons (Fsp3) is 0.167. The zero-order valence-corrected chi connectivity index (χ0v) is 17.2. The quantitative estimate of drug-likeness (QED) is 0.439. The van der Waals surface area contributed by atoms with Crippen molar-refractivity contribution in [3.63, 3.8) is 0 Å². The summed E-state index contributed by atoms with van der Waals surface area (Å²) >= 11 is 1.68. The van der Waals surface area contributed by atoms with Crippen LogP contribution in [0, 0.1) is 0 Å². The van der Waals surface area contributed by atoms with Crippen LogP contribution in [0.1, 0.15) is 30.5 Å². The number of benzene rings is 3. The number of aryl methyl sites for hydroxylation is 2. The highest BCUT2D eigenvalue weighted by molar-refractivity contribution is 7.99. The van der Waals surface area contributed by atoms with E-state index in [4.69, 9.17) is 11.5 Å². The molecule has 5 N–H and O–H groups in total. The maximum atomic E-state index is 6.45. The van der Waals surface area contributed by atoms with Crippen LogP contribution in [0.5, 0.6) is 0 Å². The lowest BCUT2D eigenvalue weighted by Crippen LogP contribution is -2.03. The van der Waals surface area contributed by atoms with Gasteiger partial charge in [0.05, 0.1) is 5.70 Å². The zero-order valence-electron chi connectivity index (χ0n) is 16.4. The summed E-state index contributed by atoms with van der Waals surface area (Å²) in [6, 6.07) is 22.7. The molecule has 0 bridgehead atoms. The summed E-state index contributed by atoms with van der Waals surface area (Å²) in [4.78, 5) is 2.24. The fourth-order valence-electron chi connectivity index (χ4n) is 2.98. The van der Waals surface area contributed by atoms with Crippen LogP contribution in [0.15, 0.2) is 82.7 Å². The topological polar surface area (TPSA) is 64.1 Å². The van der Waals surface area contributed by atoms with Crippen LogP contribution in [0.25, 0.3) is 5.70 Å². The summed E-state index contributed by atoms with van der Waals surface area (Å²) in [5.41, 5.74) is 18.4. The monoisotopic (exact) mass is 389 g/mol. The molecule has 0 aromatic heterocycles. The summed E-state index contributed by atoms with van der Waals surface area (Å²) in [5.74, 6) is 0.